The van der Waals surface area contributed by atoms with E-state index in [4.69, 9.17) is 0 Å². The number of rotatable bonds is 6. The molecule has 0 unspecified atom stereocenters. The lowest BCUT2D eigenvalue weighted by Gasteiger charge is -2.27. The van der Waals surface area contributed by atoms with Crippen molar-refractivity contribution in [2.45, 2.75) is 38.6 Å². The number of carboxylic acids is 1. The zero-order valence-corrected chi connectivity index (χ0v) is 13.5. The maximum atomic E-state index is 11.7. The van der Waals surface area contributed by atoms with Crippen LogP contribution in [0, 0.1) is 0 Å². The Labute approximate surface area is 131 Å². The summed E-state index contributed by atoms with van der Waals surface area (Å²) in [5.41, 5.74) is -0.0606. The van der Waals surface area contributed by atoms with Gasteiger partial charge in [0.25, 0.3) is 0 Å². The maximum absolute atomic E-state index is 11.7. The van der Waals surface area contributed by atoms with Gasteiger partial charge >= 0.3 is 5.97 Å². The topological polar surface area (TPSA) is 80.9 Å². The van der Waals surface area contributed by atoms with Crippen LogP contribution in [0.2, 0.25) is 0 Å². The van der Waals surface area contributed by atoms with E-state index in [-0.39, 0.29) is 0 Å². The third kappa shape index (κ3) is 2.97. The van der Waals surface area contributed by atoms with Gasteiger partial charge in [-0.3, -0.25) is 0 Å². The Bertz CT molecular complexity index is 620. The molecule has 1 heterocycles. The number of benzene rings is 1. The molecular weight excluding hydrogens is 336 g/mol. The van der Waals surface area contributed by atoms with Crippen molar-refractivity contribution in [2.24, 2.45) is 0 Å². The molecule has 1 aromatic heterocycles. The summed E-state index contributed by atoms with van der Waals surface area (Å²) in [6.45, 7) is 3.67. The van der Waals surface area contributed by atoms with Crippen molar-refractivity contribution >= 4 is 21.9 Å². The molecule has 2 rings (SSSR count). The van der Waals surface area contributed by atoms with Crippen LogP contribution in [0.25, 0.3) is 0 Å². The summed E-state index contributed by atoms with van der Waals surface area (Å²) in [5.74, 6) is -0.347. The van der Waals surface area contributed by atoms with Crippen LogP contribution in [0.5, 0.6) is 0 Å². The van der Waals surface area contributed by atoms with Gasteiger partial charge in [-0.1, -0.05) is 41.9 Å². The molecular formula is C14H17BrN4O2. The lowest BCUT2D eigenvalue weighted by Crippen LogP contribution is -2.42. The third-order valence-electron chi connectivity index (χ3n) is 3.78. The Kier molecular flexibility index (Phi) is 4.72. The van der Waals surface area contributed by atoms with Crippen LogP contribution in [0.1, 0.15) is 38.1 Å². The monoisotopic (exact) mass is 352 g/mol. The molecule has 0 saturated heterocycles. The Hall–Kier alpha value is -1.76. The molecule has 6 nitrogen and oxygen atoms in total. The highest BCUT2D eigenvalue weighted by molar-refractivity contribution is 9.10. The minimum absolute atomic E-state index is 0.428. The second-order valence-electron chi connectivity index (χ2n) is 4.85. The van der Waals surface area contributed by atoms with Crippen LogP contribution in [-0.4, -0.2) is 31.3 Å². The summed E-state index contributed by atoms with van der Waals surface area (Å²) < 4.78 is 2.45. The first-order valence-electron chi connectivity index (χ1n) is 6.79. The van der Waals surface area contributed by atoms with E-state index >= 15 is 0 Å². The highest BCUT2D eigenvalue weighted by atomic mass is 79.9. The molecule has 1 N–H and O–H groups in total. The number of aliphatic carboxylic acids is 1. The highest BCUT2D eigenvalue weighted by Gasteiger charge is 2.40. The lowest BCUT2D eigenvalue weighted by molar-refractivity contribution is -0.148. The quantitative estimate of drug-likeness (QED) is 0.864. The standard InChI is InChI=1S/C14H17BrN4O2/c1-3-14(4-2,13(20)21)19-12(16-17-18-19)9-10-5-7-11(15)8-6-10/h5-8H,3-4,9H2,1-2H3,(H,20,21). The minimum Gasteiger partial charge on any atom is -0.479 e. The van der Waals surface area contributed by atoms with Gasteiger partial charge in [0.05, 0.1) is 0 Å². The summed E-state index contributed by atoms with van der Waals surface area (Å²) in [6, 6.07) is 7.80. The van der Waals surface area contributed by atoms with E-state index in [1.165, 1.54) is 4.68 Å². The molecule has 0 aliphatic rings. The first kappa shape index (κ1) is 15.6. The average Bonchev–Trinajstić information content (AvgIpc) is 2.92. The van der Waals surface area contributed by atoms with Gasteiger partial charge in [0.1, 0.15) is 0 Å². The normalized spacial score (nSPS) is 11.6. The fourth-order valence-corrected chi connectivity index (χ4v) is 2.64. The molecule has 0 spiro atoms. The largest absolute Gasteiger partial charge is 0.479 e. The van der Waals surface area contributed by atoms with Gasteiger partial charge in [0, 0.05) is 10.9 Å². The van der Waals surface area contributed by atoms with E-state index in [1.54, 1.807) is 0 Å². The molecule has 0 amide bonds. The fourth-order valence-electron chi connectivity index (χ4n) is 2.38. The molecule has 7 heteroatoms. The lowest BCUT2D eigenvalue weighted by atomic mass is 9.93. The molecule has 0 fully saturated rings. The molecule has 0 bridgehead atoms. The van der Waals surface area contributed by atoms with Crippen LogP contribution in [0.3, 0.4) is 0 Å². The number of nitrogens with zero attached hydrogens (tertiary/aromatic N) is 4. The van der Waals surface area contributed by atoms with Crippen molar-refractivity contribution in [3.63, 3.8) is 0 Å². The molecule has 0 aliphatic carbocycles. The van der Waals surface area contributed by atoms with Crippen LogP contribution in [0.4, 0.5) is 0 Å². The molecule has 21 heavy (non-hydrogen) atoms. The third-order valence-corrected chi connectivity index (χ3v) is 4.31. The number of tetrazole rings is 1. The molecule has 0 atom stereocenters. The van der Waals surface area contributed by atoms with Crippen molar-refractivity contribution in [1.29, 1.82) is 0 Å². The van der Waals surface area contributed by atoms with Crippen LogP contribution in [-0.2, 0) is 16.8 Å². The van der Waals surface area contributed by atoms with Crippen molar-refractivity contribution in [2.75, 3.05) is 0 Å². The van der Waals surface area contributed by atoms with Crippen molar-refractivity contribution in [1.82, 2.24) is 20.2 Å². The second-order valence-corrected chi connectivity index (χ2v) is 5.77. The molecule has 0 saturated carbocycles. The Morgan fingerprint density at radius 1 is 1.29 bits per heavy atom. The van der Waals surface area contributed by atoms with Crippen molar-refractivity contribution in [3.8, 4) is 0 Å². The van der Waals surface area contributed by atoms with E-state index in [0.717, 1.165) is 10.0 Å². The number of carbonyl (C=O) groups is 1. The van der Waals surface area contributed by atoms with Gasteiger partial charge in [-0.2, -0.15) is 0 Å². The Morgan fingerprint density at radius 2 is 1.90 bits per heavy atom. The van der Waals surface area contributed by atoms with Crippen LogP contribution < -0.4 is 0 Å². The van der Waals surface area contributed by atoms with E-state index in [0.29, 0.717) is 25.1 Å². The molecule has 0 aliphatic heterocycles. The fraction of sp³-hybridized carbons (Fsp3) is 0.429. The molecule has 1 aromatic carbocycles. The van der Waals surface area contributed by atoms with Gasteiger partial charge in [0.15, 0.2) is 11.4 Å². The van der Waals surface area contributed by atoms with Crippen LogP contribution in [0.15, 0.2) is 28.7 Å². The Morgan fingerprint density at radius 3 is 2.43 bits per heavy atom. The zero-order chi connectivity index (χ0) is 15.5. The van der Waals surface area contributed by atoms with E-state index < -0.39 is 11.5 Å². The summed E-state index contributed by atoms with van der Waals surface area (Å²) in [5, 5.41) is 21.2. The highest BCUT2D eigenvalue weighted by Crippen LogP contribution is 2.26. The predicted octanol–water partition coefficient (Wildman–Crippen LogP) is 2.63. The van der Waals surface area contributed by atoms with Crippen LogP contribution >= 0.6 is 15.9 Å². The summed E-state index contributed by atoms with van der Waals surface area (Å²) in [4.78, 5) is 11.7. The maximum Gasteiger partial charge on any atom is 0.331 e. The Balaban J connectivity index is 2.37. The summed E-state index contributed by atoms with van der Waals surface area (Å²) in [7, 11) is 0. The van der Waals surface area contributed by atoms with E-state index in [9.17, 15) is 9.90 Å². The first-order valence-corrected chi connectivity index (χ1v) is 7.58. The van der Waals surface area contributed by atoms with Gasteiger partial charge < -0.3 is 5.11 Å². The number of hydrogen-bond donors (Lipinski definition) is 1. The van der Waals surface area contributed by atoms with Gasteiger partial charge in [0.2, 0.25) is 0 Å². The molecule has 112 valence electrons. The van der Waals surface area contributed by atoms with Gasteiger partial charge in [-0.25, -0.2) is 9.48 Å². The zero-order valence-electron chi connectivity index (χ0n) is 12.0. The second kappa shape index (κ2) is 6.34. The SMILES string of the molecule is CCC(CC)(C(=O)O)n1nnnc1Cc1ccc(Br)cc1. The summed E-state index contributed by atoms with van der Waals surface area (Å²) >= 11 is 3.39. The van der Waals surface area contributed by atoms with Gasteiger partial charge in [-0.15, -0.1) is 5.10 Å². The van der Waals surface area contributed by atoms with E-state index in [2.05, 4.69) is 31.5 Å². The first-order chi connectivity index (χ1) is 10.0. The molecule has 0 radical (unpaired) electrons. The predicted molar refractivity (Wildman–Crippen MR) is 81.0 cm³/mol. The average molecular weight is 353 g/mol. The number of halogens is 1. The number of aromatic nitrogens is 4. The smallest absolute Gasteiger partial charge is 0.331 e. The van der Waals surface area contributed by atoms with Gasteiger partial charge in [-0.05, 0) is 41.0 Å². The van der Waals surface area contributed by atoms with Crippen molar-refractivity contribution in [3.05, 3.63) is 40.1 Å². The number of hydrogen-bond acceptors (Lipinski definition) is 4. The van der Waals surface area contributed by atoms with E-state index in [1.807, 2.05) is 38.1 Å². The number of carboxylic acid groups (broad SMARTS) is 1. The summed E-state index contributed by atoms with van der Waals surface area (Å²) in [6.07, 6.45) is 1.35. The molecule has 2 aromatic rings. The minimum atomic E-state index is -1.09. The van der Waals surface area contributed by atoms with Crippen molar-refractivity contribution < 1.29 is 9.90 Å².